The van der Waals surface area contributed by atoms with Crippen molar-refractivity contribution in [3.05, 3.63) is 58.7 Å². The Morgan fingerprint density at radius 2 is 1.78 bits per heavy atom. The number of amides is 1. The monoisotopic (exact) mass is 471 g/mol. The van der Waals surface area contributed by atoms with Crippen molar-refractivity contribution in [3.63, 3.8) is 0 Å². The molecule has 8 heteroatoms. The van der Waals surface area contributed by atoms with Gasteiger partial charge in [-0.1, -0.05) is 48.5 Å². The van der Waals surface area contributed by atoms with Crippen molar-refractivity contribution in [2.24, 2.45) is 4.99 Å². The first-order valence-corrected chi connectivity index (χ1v) is 13.5. The number of hydrogen-bond acceptors (Lipinski definition) is 6. The predicted octanol–water partition coefficient (Wildman–Crippen LogP) is 3.89. The first-order chi connectivity index (χ1) is 15.1. The molecule has 2 aromatic carbocycles. The van der Waals surface area contributed by atoms with Crippen LogP contribution in [0.4, 0.5) is 11.4 Å². The van der Waals surface area contributed by atoms with Gasteiger partial charge in [-0.2, -0.15) is 0 Å². The lowest BCUT2D eigenvalue weighted by atomic mass is 10.1. The first kappa shape index (κ1) is 22.9. The van der Waals surface area contributed by atoms with Gasteiger partial charge in [-0.25, -0.2) is 8.42 Å². The Morgan fingerprint density at radius 1 is 1.12 bits per heavy atom. The maximum Gasteiger partial charge on any atom is 0.244 e. The van der Waals surface area contributed by atoms with Gasteiger partial charge in [-0.3, -0.25) is 9.79 Å². The van der Waals surface area contributed by atoms with Gasteiger partial charge in [0.25, 0.3) is 0 Å². The molecule has 0 radical (unpaired) electrons. The van der Waals surface area contributed by atoms with Crippen LogP contribution in [0.5, 0.6) is 0 Å². The number of aliphatic imine (C=N–C) groups is 1. The molecule has 170 valence electrons. The third-order valence-corrected chi connectivity index (χ3v) is 9.18. The number of anilines is 2. The van der Waals surface area contributed by atoms with Crippen LogP contribution in [0, 0.1) is 20.8 Å². The van der Waals surface area contributed by atoms with E-state index in [1.807, 2.05) is 37.8 Å². The molecule has 0 unspecified atom stereocenters. The number of amidine groups is 1. The lowest BCUT2D eigenvalue weighted by molar-refractivity contribution is -0.114. The number of benzene rings is 2. The zero-order chi connectivity index (χ0) is 23.0. The second-order valence-electron chi connectivity index (χ2n) is 8.64. The highest BCUT2D eigenvalue weighted by atomic mass is 32.2. The van der Waals surface area contributed by atoms with E-state index in [0.717, 1.165) is 34.5 Å². The number of nitrogens with zero attached hydrogens (tertiary/aromatic N) is 2. The van der Waals surface area contributed by atoms with Crippen LogP contribution in [0.2, 0.25) is 0 Å². The minimum Gasteiger partial charge on any atom is -0.324 e. The molecule has 0 aliphatic carbocycles. The van der Waals surface area contributed by atoms with Gasteiger partial charge >= 0.3 is 0 Å². The average Bonchev–Trinajstić information content (AvgIpc) is 3.22. The van der Waals surface area contributed by atoms with Gasteiger partial charge in [0.2, 0.25) is 5.91 Å². The smallest absolute Gasteiger partial charge is 0.244 e. The van der Waals surface area contributed by atoms with E-state index in [-0.39, 0.29) is 35.2 Å². The van der Waals surface area contributed by atoms with Crippen molar-refractivity contribution < 1.29 is 13.2 Å². The highest BCUT2D eigenvalue weighted by Gasteiger charge is 2.44. The van der Waals surface area contributed by atoms with E-state index in [1.54, 1.807) is 0 Å². The normalized spacial score (nSPS) is 21.2. The molecular weight excluding hydrogens is 442 g/mol. The molecule has 2 aromatic rings. The largest absolute Gasteiger partial charge is 0.324 e. The quantitative estimate of drug-likeness (QED) is 0.716. The molecule has 0 saturated carbocycles. The molecular formula is C24H29N3O3S2. The summed E-state index contributed by atoms with van der Waals surface area (Å²) in [7, 11) is -3.03. The summed E-state index contributed by atoms with van der Waals surface area (Å²) in [6, 6.07) is 12.0. The van der Waals surface area contributed by atoms with Gasteiger partial charge in [0.05, 0.1) is 17.5 Å². The van der Waals surface area contributed by atoms with Crippen molar-refractivity contribution in [1.82, 2.24) is 0 Å². The molecule has 2 atom stereocenters. The van der Waals surface area contributed by atoms with Crippen LogP contribution >= 0.6 is 11.8 Å². The van der Waals surface area contributed by atoms with Crippen LogP contribution in [-0.4, -0.2) is 48.8 Å². The van der Waals surface area contributed by atoms with Gasteiger partial charge < -0.3 is 10.2 Å². The summed E-state index contributed by atoms with van der Waals surface area (Å²) in [5.41, 5.74) is 6.15. The topological polar surface area (TPSA) is 78.8 Å². The molecule has 0 aromatic heterocycles. The van der Waals surface area contributed by atoms with E-state index in [1.165, 1.54) is 17.3 Å². The number of fused-ring (bicyclic) bond motifs is 1. The van der Waals surface area contributed by atoms with Crippen molar-refractivity contribution >= 4 is 44.0 Å². The summed E-state index contributed by atoms with van der Waals surface area (Å²) in [5, 5.41) is 3.72. The van der Waals surface area contributed by atoms with Crippen LogP contribution < -0.4 is 10.2 Å². The second-order valence-corrected chi connectivity index (χ2v) is 12.0. The van der Waals surface area contributed by atoms with E-state index in [4.69, 9.17) is 4.99 Å². The number of carbonyl (C=O) groups is 1. The average molecular weight is 472 g/mol. The van der Waals surface area contributed by atoms with Crippen LogP contribution in [0.25, 0.3) is 0 Å². The summed E-state index contributed by atoms with van der Waals surface area (Å²) in [6.07, 6.45) is 0.935. The van der Waals surface area contributed by atoms with E-state index in [9.17, 15) is 13.2 Å². The van der Waals surface area contributed by atoms with Gasteiger partial charge in [0, 0.05) is 16.6 Å². The fourth-order valence-electron chi connectivity index (χ4n) is 4.35. The van der Waals surface area contributed by atoms with Crippen molar-refractivity contribution in [2.75, 3.05) is 28.3 Å². The van der Waals surface area contributed by atoms with Gasteiger partial charge in [-0.05, 0) is 56.0 Å². The van der Waals surface area contributed by atoms with Crippen molar-refractivity contribution in [1.29, 1.82) is 0 Å². The van der Waals surface area contributed by atoms with Crippen LogP contribution in [0.15, 0.2) is 41.4 Å². The maximum atomic E-state index is 13.1. The van der Waals surface area contributed by atoms with Crippen LogP contribution in [-0.2, 0) is 21.1 Å². The summed E-state index contributed by atoms with van der Waals surface area (Å²) in [6.45, 7) is 8.24. The van der Waals surface area contributed by atoms with Gasteiger partial charge in [0.15, 0.2) is 15.0 Å². The molecule has 4 rings (SSSR count). The molecule has 1 N–H and O–H groups in total. The number of thioether (sulfide) groups is 1. The molecule has 0 bridgehead atoms. The predicted molar refractivity (Wildman–Crippen MR) is 134 cm³/mol. The van der Waals surface area contributed by atoms with Crippen LogP contribution in [0.3, 0.4) is 0 Å². The Balaban J connectivity index is 1.59. The Labute approximate surface area is 194 Å². The van der Waals surface area contributed by atoms with Crippen molar-refractivity contribution in [2.45, 2.75) is 45.4 Å². The number of carbonyl (C=O) groups excluding carboxylic acids is 1. The maximum absolute atomic E-state index is 13.1. The Hall–Kier alpha value is -2.32. The number of aryl methyl sites for hydroxylation is 4. The van der Waals surface area contributed by atoms with Crippen LogP contribution in [0.1, 0.15) is 29.2 Å². The lowest BCUT2D eigenvalue weighted by Crippen LogP contribution is -2.37. The zero-order valence-corrected chi connectivity index (χ0v) is 20.5. The molecule has 2 aliphatic heterocycles. The van der Waals surface area contributed by atoms with E-state index >= 15 is 0 Å². The van der Waals surface area contributed by atoms with Gasteiger partial charge in [-0.15, -0.1) is 0 Å². The molecule has 0 spiro atoms. The summed E-state index contributed by atoms with van der Waals surface area (Å²) in [5.74, 6) is 0.101. The molecule has 2 heterocycles. The lowest BCUT2D eigenvalue weighted by Gasteiger charge is -2.25. The van der Waals surface area contributed by atoms with Gasteiger partial charge in [0.1, 0.15) is 6.54 Å². The highest BCUT2D eigenvalue weighted by Crippen LogP contribution is 2.37. The summed E-state index contributed by atoms with van der Waals surface area (Å²) >= 11 is 1.47. The molecule has 32 heavy (non-hydrogen) atoms. The molecule has 1 amide bonds. The fraction of sp³-hybridized carbons (Fsp3) is 0.417. The SMILES string of the molecule is CCc1ccc(N(CC(=O)Nc2c(C)cc(C)cc2C)C2=N[C@H]3CS(=O)(=O)C[C@H]3S2)cc1. The number of sulfone groups is 1. The zero-order valence-electron chi connectivity index (χ0n) is 18.9. The number of hydrogen-bond donors (Lipinski definition) is 1. The first-order valence-electron chi connectivity index (χ1n) is 10.8. The Bertz CT molecular complexity index is 1150. The van der Waals surface area contributed by atoms with E-state index in [0.29, 0.717) is 5.17 Å². The summed E-state index contributed by atoms with van der Waals surface area (Å²) < 4.78 is 23.9. The van der Waals surface area contributed by atoms with E-state index < -0.39 is 9.84 Å². The fourth-order valence-corrected chi connectivity index (χ4v) is 8.13. The minimum atomic E-state index is -3.03. The third kappa shape index (κ3) is 4.86. The molecule has 1 fully saturated rings. The molecule has 6 nitrogen and oxygen atoms in total. The van der Waals surface area contributed by atoms with E-state index in [2.05, 4.69) is 36.5 Å². The highest BCUT2D eigenvalue weighted by molar-refractivity contribution is 8.15. The van der Waals surface area contributed by atoms with Crippen molar-refractivity contribution in [3.8, 4) is 0 Å². The second kappa shape index (κ2) is 8.90. The number of nitrogens with one attached hydrogen (secondary N) is 1. The summed E-state index contributed by atoms with van der Waals surface area (Å²) in [4.78, 5) is 19.7. The minimum absolute atomic E-state index is 0.0722. The standard InChI is InChI=1S/C24H29N3O3S2/c1-5-18-6-8-19(9-7-18)27(24-25-20-13-32(29,30)14-21(20)31-24)12-22(28)26-23-16(3)10-15(2)11-17(23)4/h6-11,20-21H,5,12-14H2,1-4H3,(H,26,28)/t20-,21+/m0/s1. The Kier molecular flexibility index (Phi) is 6.36. The Morgan fingerprint density at radius 3 is 2.38 bits per heavy atom. The molecule has 2 aliphatic rings. The number of rotatable bonds is 5. The molecule has 1 saturated heterocycles. The third-order valence-electron chi connectivity index (χ3n) is 5.94.